The molecule has 1 atom stereocenters. The van der Waals surface area contributed by atoms with E-state index in [2.05, 4.69) is 10.2 Å². The van der Waals surface area contributed by atoms with Gasteiger partial charge in [0.05, 0.1) is 12.5 Å². The van der Waals surface area contributed by atoms with Gasteiger partial charge in [-0.1, -0.05) is 11.3 Å². The minimum absolute atomic E-state index is 0.0357. The van der Waals surface area contributed by atoms with Gasteiger partial charge in [-0.3, -0.25) is 14.0 Å². The third-order valence-electron chi connectivity index (χ3n) is 4.18. The van der Waals surface area contributed by atoms with Gasteiger partial charge < -0.3 is 9.64 Å². The Morgan fingerprint density at radius 3 is 2.83 bits per heavy atom. The Hall–Kier alpha value is -1.96. The van der Waals surface area contributed by atoms with Crippen molar-refractivity contribution in [2.45, 2.75) is 33.6 Å². The van der Waals surface area contributed by atoms with Crippen LogP contribution in [0, 0.1) is 19.8 Å². The number of rotatable bonds is 3. The van der Waals surface area contributed by atoms with Crippen molar-refractivity contribution in [3.8, 4) is 0 Å². The highest BCUT2D eigenvalue weighted by atomic mass is 32.1. The molecule has 1 saturated heterocycles. The van der Waals surface area contributed by atoms with Crippen molar-refractivity contribution < 1.29 is 14.3 Å². The van der Waals surface area contributed by atoms with E-state index in [0.717, 1.165) is 29.3 Å². The van der Waals surface area contributed by atoms with Gasteiger partial charge in [0.25, 0.3) is 5.91 Å². The third kappa shape index (κ3) is 2.83. The highest BCUT2D eigenvalue weighted by Gasteiger charge is 2.31. The van der Waals surface area contributed by atoms with E-state index in [1.54, 1.807) is 11.8 Å². The van der Waals surface area contributed by atoms with E-state index < -0.39 is 0 Å². The van der Waals surface area contributed by atoms with Gasteiger partial charge in [0.1, 0.15) is 10.7 Å². The molecule has 1 unspecified atom stereocenters. The summed E-state index contributed by atoms with van der Waals surface area (Å²) in [5.74, 6) is 0.311. The van der Waals surface area contributed by atoms with Gasteiger partial charge in [-0.2, -0.15) is 0 Å². The first-order chi connectivity index (χ1) is 11.0. The van der Waals surface area contributed by atoms with E-state index in [4.69, 9.17) is 4.74 Å². The Labute approximate surface area is 138 Å². The number of amides is 1. The Morgan fingerprint density at radius 2 is 2.13 bits per heavy atom. The number of aryl methyl sites for hydroxylation is 2. The van der Waals surface area contributed by atoms with Crippen LogP contribution in [0.5, 0.6) is 0 Å². The summed E-state index contributed by atoms with van der Waals surface area (Å²) in [5.41, 5.74) is 0.857. The maximum absolute atomic E-state index is 12.8. The number of thiazole rings is 1. The van der Waals surface area contributed by atoms with E-state index in [9.17, 15) is 9.59 Å². The van der Waals surface area contributed by atoms with Crippen molar-refractivity contribution >= 4 is 28.2 Å². The fourth-order valence-electron chi connectivity index (χ4n) is 3.02. The predicted molar refractivity (Wildman–Crippen MR) is 85.6 cm³/mol. The number of ether oxygens (including phenoxy) is 1. The molecule has 0 N–H and O–H groups in total. The van der Waals surface area contributed by atoms with Gasteiger partial charge in [0.2, 0.25) is 4.96 Å². The smallest absolute Gasteiger partial charge is 0.310 e. The van der Waals surface area contributed by atoms with Gasteiger partial charge in [-0.15, -0.1) is 10.2 Å². The second kappa shape index (κ2) is 6.27. The second-order valence-corrected chi connectivity index (χ2v) is 6.70. The SMILES string of the molecule is CCOC(=O)C1CCCN(C(=O)c2sc3nnc(C)n3c2C)C1. The van der Waals surface area contributed by atoms with E-state index in [-0.39, 0.29) is 17.8 Å². The zero-order valence-electron chi connectivity index (χ0n) is 13.5. The van der Waals surface area contributed by atoms with Crippen LogP contribution in [-0.4, -0.2) is 51.1 Å². The highest BCUT2D eigenvalue weighted by molar-refractivity contribution is 7.19. The molecule has 2 aromatic heterocycles. The molecule has 0 aliphatic carbocycles. The van der Waals surface area contributed by atoms with Gasteiger partial charge in [-0.05, 0) is 33.6 Å². The summed E-state index contributed by atoms with van der Waals surface area (Å²) in [4.78, 5) is 27.9. The molecule has 8 heteroatoms. The summed E-state index contributed by atoms with van der Waals surface area (Å²) in [6, 6.07) is 0. The number of esters is 1. The monoisotopic (exact) mass is 336 g/mol. The van der Waals surface area contributed by atoms with Crippen LogP contribution in [0.1, 0.15) is 41.0 Å². The quantitative estimate of drug-likeness (QED) is 0.799. The van der Waals surface area contributed by atoms with Crippen molar-refractivity contribution in [2.75, 3.05) is 19.7 Å². The Kier molecular flexibility index (Phi) is 4.34. The Balaban J connectivity index is 1.81. The van der Waals surface area contributed by atoms with Crippen molar-refractivity contribution in [3.05, 3.63) is 16.4 Å². The third-order valence-corrected chi connectivity index (χ3v) is 5.30. The number of hydrogen-bond acceptors (Lipinski definition) is 6. The lowest BCUT2D eigenvalue weighted by atomic mass is 9.98. The minimum Gasteiger partial charge on any atom is -0.466 e. The lowest BCUT2D eigenvalue weighted by Crippen LogP contribution is -2.42. The average molecular weight is 336 g/mol. The fourth-order valence-corrected chi connectivity index (χ4v) is 4.10. The van der Waals surface area contributed by atoms with E-state index in [1.165, 1.54) is 11.3 Å². The molecule has 3 heterocycles. The molecule has 7 nitrogen and oxygen atoms in total. The lowest BCUT2D eigenvalue weighted by molar-refractivity contribution is -0.149. The van der Waals surface area contributed by atoms with Crippen LogP contribution >= 0.6 is 11.3 Å². The largest absolute Gasteiger partial charge is 0.466 e. The summed E-state index contributed by atoms with van der Waals surface area (Å²) in [7, 11) is 0. The molecule has 1 aliphatic rings. The number of carbonyl (C=O) groups excluding carboxylic acids is 2. The number of aromatic nitrogens is 3. The van der Waals surface area contributed by atoms with Crippen LogP contribution in [0.2, 0.25) is 0 Å². The maximum Gasteiger partial charge on any atom is 0.310 e. The molecule has 3 rings (SSSR count). The summed E-state index contributed by atoms with van der Waals surface area (Å²) in [6.45, 7) is 7.04. The van der Waals surface area contributed by atoms with Crippen LogP contribution in [0.3, 0.4) is 0 Å². The first-order valence-corrected chi connectivity index (χ1v) is 8.61. The van der Waals surface area contributed by atoms with Crippen LogP contribution in [0.15, 0.2) is 0 Å². The van der Waals surface area contributed by atoms with E-state index >= 15 is 0 Å². The standard InChI is InChI=1S/C15H20N4O3S/c1-4-22-14(21)11-6-5-7-18(8-11)13(20)12-9(2)19-10(3)16-17-15(19)23-12/h11H,4-8H2,1-3H3. The molecule has 1 amide bonds. The second-order valence-electron chi connectivity index (χ2n) is 5.72. The molecule has 0 spiro atoms. The number of piperidine rings is 1. The Bertz CT molecular complexity index is 751. The lowest BCUT2D eigenvalue weighted by Gasteiger charge is -2.31. The van der Waals surface area contributed by atoms with E-state index in [0.29, 0.717) is 24.6 Å². The first kappa shape index (κ1) is 15.9. The minimum atomic E-state index is -0.222. The number of hydrogen-bond donors (Lipinski definition) is 0. The molecule has 0 bridgehead atoms. The molecule has 1 fully saturated rings. The molecular formula is C15H20N4O3S. The van der Waals surface area contributed by atoms with Crippen molar-refractivity contribution in [1.29, 1.82) is 0 Å². The van der Waals surface area contributed by atoms with Gasteiger partial charge in [0, 0.05) is 18.8 Å². The summed E-state index contributed by atoms with van der Waals surface area (Å²) in [6.07, 6.45) is 1.59. The van der Waals surface area contributed by atoms with Crippen molar-refractivity contribution in [2.24, 2.45) is 5.92 Å². The van der Waals surface area contributed by atoms with Crippen LogP contribution in [0.25, 0.3) is 4.96 Å². The molecule has 23 heavy (non-hydrogen) atoms. The zero-order valence-corrected chi connectivity index (χ0v) is 14.4. The van der Waals surface area contributed by atoms with Crippen LogP contribution in [-0.2, 0) is 9.53 Å². The maximum atomic E-state index is 12.8. The molecule has 1 aliphatic heterocycles. The van der Waals surface area contributed by atoms with E-state index in [1.807, 2.05) is 18.2 Å². The average Bonchev–Trinajstić information content (AvgIpc) is 3.08. The normalized spacial score (nSPS) is 18.4. The summed E-state index contributed by atoms with van der Waals surface area (Å²) >= 11 is 1.35. The Morgan fingerprint density at radius 1 is 1.35 bits per heavy atom. The van der Waals surface area contributed by atoms with Crippen LogP contribution < -0.4 is 0 Å². The molecule has 2 aromatic rings. The van der Waals surface area contributed by atoms with Gasteiger partial charge >= 0.3 is 5.97 Å². The number of fused-ring (bicyclic) bond motifs is 1. The molecule has 0 radical (unpaired) electrons. The van der Waals surface area contributed by atoms with Crippen LogP contribution in [0.4, 0.5) is 0 Å². The summed E-state index contributed by atoms with van der Waals surface area (Å²) < 4.78 is 6.99. The number of nitrogens with zero attached hydrogens (tertiary/aromatic N) is 4. The molecule has 0 saturated carbocycles. The topological polar surface area (TPSA) is 76.8 Å². The highest BCUT2D eigenvalue weighted by Crippen LogP contribution is 2.26. The molecular weight excluding hydrogens is 316 g/mol. The molecule has 0 aromatic carbocycles. The number of likely N-dealkylation sites (tertiary alicyclic amines) is 1. The first-order valence-electron chi connectivity index (χ1n) is 7.80. The number of carbonyl (C=O) groups is 2. The predicted octanol–water partition coefficient (Wildman–Crippen LogP) is 1.82. The molecule has 124 valence electrons. The fraction of sp³-hybridized carbons (Fsp3) is 0.600. The van der Waals surface area contributed by atoms with Crippen molar-refractivity contribution in [1.82, 2.24) is 19.5 Å². The van der Waals surface area contributed by atoms with Gasteiger partial charge in [-0.25, -0.2) is 0 Å². The van der Waals surface area contributed by atoms with Gasteiger partial charge in [0.15, 0.2) is 0 Å². The van der Waals surface area contributed by atoms with Crippen molar-refractivity contribution in [3.63, 3.8) is 0 Å². The summed E-state index contributed by atoms with van der Waals surface area (Å²) in [5, 5.41) is 8.10. The zero-order chi connectivity index (χ0) is 16.6.